The number of nitrogens with two attached hydrogens (primary N) is 1. The molecular weight excluding hydrogens is 278 g/mol. The highest BCUT2D eigenvalue weighted by Crippen LogP contribution is 2.32. The number of hydrogen-bond donors (Lipinski definition) is 1. The van der Waals surface area contributed by atoms with Crippen molar-refractivity contribution in [1.29, 1.82) is 0 Å². The van der Waals surface area contributed by atoms with Crippen molar-refractivity contribution in [2.45, 2.75) is 0 Å². The molecule has 0 aliphatic rings. The molecule has 0 aliphatic carbocycles. The van der Waals surface area contributed by atoms with Crippen molar-refractivity contribution in [3.63, 3.8) is 0 Å². The van der Waals surface area contributed by atoms with E-state index in [0.29, 0.717) is 16.9 Å². The van der Waals surface area contributed by atoms with Gasteiger partial charge >= 0.3 is 0 Å². The van der Waals surface area contributed by atoms with Gasteiger partial charge in [0, 0.05) is 22.2 Å². The zero-order chi connectivity index (χ0) is 14.1. The summed E-state index contributed by atoms with van der Waals surface area (Å²) in [6.45, 7) is 0. The van der Waals surface area contributed by atoms with Crippen molar-refractivity contribution in [3.8, 4) is 21.8 Å². The Bertz CT molecular complexity index is 768. The van der Waals surface area contributed by atoms with Gasteiger partial charge in [-0.25, -0.2) is 13.8 Å². The average molecular weight is 288 g/mol. The molecule has 1 aromatic heterocycles. The number of thiazole rings is 1. The van der Waals surface area contributed by atoms with E-state index in [-0.39, 0.29) is 0 Å². The predicted octanol–water partition coefficient (Wildman–Crippen LogP) is 4.34. The second-order valence-electron chi connectivity index (χ2n) is 4.25. The highest BCUT2D eigenvalue weighted by atomic mass is 32.1. The minimum Gasteiger partial charge on any atom is -0.398 e. The van der Waals surface area contributed by atoms with E-state index < -0.39 is 11.6 Å². The first-order valence-electron chi connectivity index (χ1n) is 5.91. The molecule has 0 amide bonds. The maximum absolute atomic E-state index is 13.2. The molecule has 0 saturated heterocycles. The third kappa shape index (κ3) is 2.28. The van der Waals surface area contributed by atoms with Gasteiger partial charge in [-0.2, -0.15) is 0 Å². The first-order valence-corrected chi connectivity index (χ1v) is 6.79. The Morgan fingerprint density at radius 3 is 2.55 bits per heavy atom. The van der Waals surface area contributed by atoms with Crippen LogP contribution in [-0.4, -0.2) is 4.98 Å². The molecule has 2 N–H and O–H groups in total. The zero-order valence-electron chi connectivity index (χ0n) is 10.3. The molecule has 0 atom stereocenters. The minimum absolute atomic E-state index is 0.543. The van der Waals surface area contributed by atoms with Crippen molar-refractivity contribution in [3.05, 3.63) is 59.5 Å². The van der Waals surface area contributed by atoms with Crippen LogP contribution in [0, 0.1) is 11.6 Å². The Balaban J connectivity index is 2.02. The van der Waals surface area contributed by atoms with Crippen LogP contribution in [0.3, 0.4) is 0 Å². The number of nitrogen functional groups attached to an aromatic ring is 1. The Labute approximate surface area is 118 Å². The minimum atomic E-state index is -0.878. The van der Waals surface area contributed by atoms with Gasteiger partial charge in [0.15, 0.2) is 11.6 Å². The lowest BCUT2D eigenvalue weighted by molar-refractivity contribution is 0.509. The summed E-state index contributed by atoms with van der Waals surface area (Å²) in [5.41, 5.74) is 8.52. The van der Waals surface area contributed by atoms with Crippen molar-refractivity contribution in [2.75, 3.05) is 5.73 Å². The van der Waals surface area contributed by atoms with Crippen LogP contribution in [0.5, 0.6) is 0 Å². The van der Waals surface area contributed by atoms with Crippen LogP contribution in [0.15, 0.2) is 47.8 Å². The van der Waals surface area contributed by atoms with Crippen LogP contribution >= 0.6 is 11.3 Å². The standard InChI is InChI=1S/C15H10F2N2S/c16-11-6-5-9(7-12(11)17)14-8-20-15(19-14)10-3-1-2-4-13(10)18/h1-8H,18H2. The van der Waals surface area contributed by atoms with Crippen LogP contribution in [0.25, 0.3) is 21.8 Å². The van der Waals surface area contributed by atoms with E-state index in [9.17, 15) is 8.78 Å². The van der Waals surface area contributed by atoms with Gasteiger partial charge in [0.25, 0.3) is 0 Å². The molecular formula is C15H10F2N2S. The third-order valence-electron chi connectivity index (χ3n) is 2.91. The fourth-order valence-electron chi connectivity index (χ4n) is 1.88. The maximum Gasteiger partial charge on any atom is 0.159 e. The van der Waals surface area contributed by atoms with Crippen LogP contribution in [0.1, 0.15) is 0 Å². The van der Waals surface area contributed by atoms with Crippen molar-refractivity contribution in [2.24, 2.45) is 0 Å². The first kappa shape index (κ1) is 12.7. The summed E-state index contributed by atoms with van der Waals surface area (Å²) >= 11 is 1.41. The second kappa shape index (κ2) is 5.02. The van der Waals surface area contributed by atoms with Crippen molar-refractivity contribution < 1.29 is 8.78 Å². The molecule has 0 aliphatic heterocycles. The van der Waals surface area contributed by atoms with E-state index in [1.807, 2.05) is 18.2 Å². The second-order valence-corrected chi connectivity index (χ2v) is 5.11. The van der Waals surface area contributed by atoms with Gasteiger partial charge in [-0.1, -0.05) is 12.1 Å². The lowest BCUT2D eigenvalue weighted by Gasteiger charge is -2.01. The monoisotopic (exact) mass is 288 g/mol. The van der Waals surface area contributed by atoms with Gasteiger partial charge in [-0.15, -0.1) is 11.3 Å². The van der Waals surface area contributed by atoms with E-state index in [4.69, 9.17) is 5.73 Å². The third-order valence-corrected chi connectivity index (χ3v) is 3.79. The number of rotatable bonds is 2. The Hall–Kier alpha value is -2.27. The molecule has 0 saturated carbocycles. The van der Waals surface area contributed by atoms with E-state index in [2.05, 4.69) is 4.98 Å². The summed E-state index contributed by atoms with van der Waals surface area (Å²) in [6, 6.07) is 11.2. The van der Waals surface area contributed by atoms with Crippen LogP contribution in [0.2, 0.25) is 0 Å². The molecule has 3 rings (SSSR count). The smallest absolute Gasteiger partial charge is 0.159 e. The number of hydrogen-bond acceptors (Lipinski definition) is 3. The highest BCUT2D eigenvalue weighted by Gasteiger charge is 2.10. The summed E-state index contributed by atoms with van der Waals surface area (Å²) in [7, 11) is 0. The quantitative estimate of drug-likeness (QED) is 0.712. The average Bonchev–Trinajstić information content (AvgIpc) is 2.92. The fraction of sp³-hybridized carbons (Fsp3) is 0. The normalized spacial score (nSPS) is 10.7. The molecule has 0 bridgehead atoms. The predicted molar refractivity (Wildman–Crippen MR) is 77.3 cm³/mol. The molecule has 3 aromatic rings. The zero-order valence-corrected chi connectivity index (χ0v) is 11.1. The van der Waals surface area contributed by atoms with Gasteiger partial charge in [0.2, 0.25) is 0 Å². The highest BCUT2D eigenvalue weighted by molar-refractivity contribution is 7.13. The van der Waals surface area contributed by atoms with E-state index >= 15 is 0 Å². The lowest BCUT2D eigenvalue weighted by Crippen LogP contribution is -1.89. The largest absolute Gasteiger partial charge is 0.398 e. The number of anilines is 1. The van der Waals surface area contributed by atoms with E-state index in [1.165, 1.54) is 17.4 Å². The number of nitrogens with zero attached hydrogens (tertiary/aromatic N) is 1. The Kier molecular flexibility index (Phi) is 3.20. The lowest BCUT2D eigenvalue weighted by atomic mass is 10.1. The number of aromatic nitrogens is 1. The fourth-order valence-corrected chi connectivity index (χ4v) is 2.75. The van der Waals surface area contributed by atoms with Crippen LogP contribution < -0.4 is 5.73 Å². The molecule has 0 radical (unpaired) electrons. The molecule has 0 fully saturated rings. The first-order chi connectivity index (χ1) is 9.65. The molecule has 1 heterocycles. The summed E-state index contributed by atoms with van der Waals surface area (Å²) in [5, 5.41) is 2.55. The molecule has 2 aromatic carbocycles. The molecule has 100 valence electrons. The van der Waals surface area contributed by atoms with Gasteiger partial charge in [0.1, 0.15) is 5.01 Å². The van der Waals surface area contributed by atoms with Crippen molar-refractivity contribution in [1.82, 2.24) is 4.98 Å². The van der Waals surface area contributed by atoms with Gasteiger partial charge in [-0.05, 0) is 30.3 Å². The summed E-state index contributed by atoms with van der Waals surface area (Å²) in [4.78, 5) is 4.43. The SMILES string of the molecule is Nc1ccccc1-c1nc(-c2ccc(F)c(F)c2)cs1. The van der Waals surface area contributed by atoms with E-state index in [0.717, 1.165) is 22.7 Å². The van der Waals surface area contributed by atoms with Gasteiger partial charge in [0.05, 0.1) is 5.69 Å². The summed E-state index contributed by atoms with van der Waals surface area (Å²) in [5.74, 6) is -1.74. The Morgan fingerprint density at radius 1 is 1.00 bits per heavy atom. The van der Waals surface area contributed by atoms with Gasteiger partial charge < -0.3 is 5.73 Å². The van der Waals surface area contributed by atoms with Crippen molar-refractivity contribution >= 4 is 17.0 Å². The maximum atomic E-state index is 13.2. The number of halogens is 2. The number of para-hydroxylation sites is 1. The molecule has 0 unspecified atom stereocenters. The Morgan fingerprint density at radius 2 is 1.80 bits per heavy atom. The topological polar surface area (TPSA) is 38.9 Å². The molecule has 5 heteroatoms. The molecule has 0 spiro atoms. The van der Waals surface area contributed by atoms with Gasteiger partial charge in [-0.3, -0.25) is 0 Å². The summed E-state index contributed by atoms with van der Waals surface area (Å²) in [6.07, 6.45) is 0. The van der Waals surface area contributed by atoms with Crippen LogP contribution in [0.4, 0.5) is 14.5 Å². The molecule has 2 nitrogen and oxygen atoms in total. The van der Waals surface area contributed by atoms with Crippen LogP contribution in [-0.2, 0) is 0 Å². The number of benzene rings is 2. The summed E-state index contributed by atoms with van der Waals surface area (Å²) < 4.78 is 26.2. The molecule has 20 heavy (non-hydrogen) atoms. The van der Waals surface area contributed by atoms with E-state index in [1.54, 1.807) is 11.4 Å².